The van der Waals surface area contributed by atoms with Crippen molar-refractivity contribution in [1.29, 1.82) is 0 Å². The van der Waals surface area contributed by atoms with Gasteiger partial charge in [0, 0.05) is 12.0 Å². The van der Waals surface area contributed by atoms with Crippen LogP contribution in [0, 0.1) is 5.41 Å². The third-order valence-corrected chi connectivity index (χ3v) is 4.22. The summed E-state index contributed by atoms with van der Waals surface area (Å²) in [7, 11) is 0. The highest BCUT2D eigenvalue weighted by Gasteiger charge is 2.73. The molecule has 3 aliphatic rings. The molecular weight excluding hydrogens is 233 g/mol. The highest BCUT2D eigenvalue weighted by molar-refractivity contribution is 5.76. The number of benzene rings is 1. The fraction of sp³-hybridized carbons (Fsp3) is 0.500. The number of carboxylic acid groups (broad SMARTS) is 1. The first-order chi connectivity index (χ1) is 8.53. The van der Waals surface area contributed by atoms with E-state index in [1.54, 1.807) is 0 Å². The molecule has 3 saturated carbocycles. The van der Waals surface area contributed by atoms with Gasteiger partial charge in [-0.3, -0.25) is 10.1 Å². The lowest BCUT2D eigenvalue weighted by Gasteiger charge is -2.67. The second-order valence-electron chi connectivity index (χ2n) is 5.68. The molecule has 4 heteroatoms. The molecule has 1 aromatic rings. The Morgan fingerprint density at radius 3 is 2.44 bits per heavy atom. The number of carboxylic acids is 1. The summed E-state index contributed by atoms with van der Waals surface area (Å²) in [6, 6.07) is 9.03. The van der Waals surface area contributed by atoms with E-state index in [-0.39, 0.29) is 5.41 Å². The Bertz CT molecular complexity index is 454. The smallest absolute Gasteiger partial charge is 0.321 e. The number of alkyl halides is 1. The van der Waals surface area contributed by atoms with Gasteiger partial charge in [0.1, 0.15) is 11.7 Å². The van der Waals surface area contributed by atoms with Crippen LogP contribution in [0.4, 0.5) is 4.39 Å². The lowest BCUT2D eigenvalue weighted by atomic mass is 9.40. The van der Waals surface area contributed by atoms with E-state index in [4.69, 9.17) is 0 Å². The normalized spacial score (nSPS) is 34.3. The quantitative estimate of drug-likeness (QED) is 0.840. The fourth-order valence-electron chi connectivity index (χ4n) is 3.43. The van der Waals surface area contributed by atoms with Crippen molar-refractivity contribution < 1.29 is 14.3 Å². The van der Waals surface area contributed by atoms with Gasteiger partial charge in [-0.05, 0) is 24.8 Å². The largest absolute Gasteiger partial charge is 0.480 e. The molecule has 3 nitrogen and oxygen atoms in total. The minimum absolute atomic E-state index is 0.338. The van der Waals surface area contributed by atoms with Gasteiger partial charge in [-0.1, -0.05) is 30.3 Å². The van der Waals surface area contributed by atoms with E-state index in [2.05, 4.69) is 5.32 Å². The molecule has 1 atom stereocenters. The van der Waals surface area contributed by atoms with E-state index >= 15 is 0 Å². The van der Waals surface area contributed by atoms with Crippen LogP contribution in [0.3, 0.4) is 0 Å². The van der Waals surface area contributed by atoms with Crippen LogP contribution >= 0.6 is 0 Å². The lowest BCUT2D eigenvalue weighted by Crippen LogP contribution is -2.73. The molecule has 4 rings (SSSR count). The maximum absolute atomic E-state index is 13.5. The first-order valence-corrected chi connectivity index (χ1v) is 6.22. The van der Waals surface area contributed by atoms with Crippen LogP contribution in [0.1, 0.15) is 24.8 Å². The standard InChI is InChI=1S/C14H16FNO2/c15-14-7-13(8-14,9-14)11(12(17)18)16-6-10-4-2-1-3-5-10/h1-5,11,16H,6-9H2,(H,17,18)/t11-,13?,14?/m1/s1. The summed E-state index contributed by atoms with van der Waals surface area (Å²) in [6.07, 6.45) is 1.20. The van der Waals surface area contributed by atoms with Crippen molar-refractivity contribution in [3.8, 4) is 0 Å². The highest BCUT2D eigenvalue weighted by atomic mass is 19.1. The molecule has 0 amide bonds. The summed E-state index contributed by atoms with van der Waals surface area (Å²) < 4.78 is 13.5. The zero-order chi connectivity index (χ0) is 12.8. The van der Waals surface area contributed by atoms with Gasteiger partial charge in [0.2, 0.25) is 0 Å². The van der Waals surface area contributed by atoms with E-state index in [0.717, 1.165) is 5.56 Å². The molecule has 3 fully saturated rings. The number of hydrogen-bond donors (Lipinski definition) is 2. The summed E-state index contributed by atoms with van der Waals surface area (Å²) in [6.45, 7) is 0.513. The van der Waals surface area contributed by atoms with Crippen molar-refractivity contribution in [2.24, 2.45) is 5.41 Å². The third-order valence-electron chi connectivity index (χ3n) is 4.22. The average Bonchev–Trinajstić information content (AvgIpc) is 2.26. The van der Waals surface area contributed by atoms with Crippen molar-refractivity contribution in [2.45, 2.75) is 37.5 Å². The van der Waals surface area contributed by atoms with Gasteiger partial charge in [-0.25, -0.2) is 4.39 Å². The SMILES string of the molecule is O=C(O)[C@@H](NCc1ccccc1)C12CC(F)(C1)C2. The number of hydrogen-bond acceptors (Lipinski definition) is 2. The van der Waals surface area contributed by atoms with Crippen LogP contribution in [-0.4, -0.2) is 22.8 Å². The molecule has 96 valence electrons. The number of nitrogens with one attached hydrogen (secondary N) is 1. The first kappa shape index (κ1) is 11.7. The zero-order valence-electron chi connectivity index (χ0n) is 10.0. The Kier molecular flexibility index (Phi) is 2.45. The maximum Gasteiger partial charge on any atom is 0.321 e. The van der Waals surface area contributed by atoms with E-state index in [1.165, 1.54) is 0 Å². The summed E-state index contributed by atoms with van der Waals surface area (Å²) in [5.41, 5.74) is -0.345. The fourth-order valence-corrected chi connectivity index (χ4v) is 3.43. The number of halogens is 1. The second kappa shape index (κ2) is 3.79. The molecular formula is C14H16FNO2. The van der Waals surface area contributed by atoms with Gasteiger partial charge >= 0.3 is 5.97 Å². The molecule has 2 bridgehead atoms. The zero-order valence-corrected chi connectivity index (χ0v) is 10.0. The van der Waals surface area contributed by atoms with Gasteiger partial charge in [0.15, 0.2) is 0 Å². The molecule has 3 aliphatic carbocycles. The van der Waals surface area contributed by atoms with Gasteiger partial charge < -0.3 is 5.11 Å². The van der Waals surface area contributed by atoms with Crippen LogP contribution in [0.5, 0.6) is 0 Å². The van der Waals surface area contributed by atoms with Crippen molar-refractivity contribution in [3.05, 3.63) is 35.9 Å². The molecule has 2 N–H and O–H groups in total. The predicted octanol–water partition coefficient (Wildman–Crippen LogP) is 2.12. The molecule has 0 unspecified atom stereocenters. The van der Waals surface area contributed by atoms with Crippen molar-refractivity contribution >= 4 is 5.97 Å². The van der Waals surface area contributed by atoms with Crippen molar-refractivity contribution in [3.63, 3.8) is 0 Å². The van der Waals surface area contributed by atoms with E-state index in [1.807, 2.05) is 30.3 Å². The van der Waals surface area contributed by atoms with Crippen LogP contribution < -0.4 is 5.32 Å². The van der Waals surface area contributed by atoms with E-state index < -0.39 is 17.7 Å². The number of rotatable bonds is 5. The van der Waals surface area contributed by atoms with Crippen molar-refractivity contribution in [2.75, 3.05) is 0 Å². The number of aliphatic carboxylic acids is 1. The van der Waals surface area contributed by atoms with Gasteiger partial charge in [-0.2, -0.15) is 0 Å². The molecule has 0 radical (unpaired) electrons. The Balaban J connectivity index is 1.64. The van der Waals surface area contributed by atoms with Crippen molar-refractivity contribution in [1.82, 2.24) is 5.32 Å². The average molecular weight is 249 g/mol. The Labute approximate surface area is 105 Å². The Morgan fingerprint density at radius 2 is 1.94 bits per heavy atom. The summed E-state index contributed by atoms with van der Waals surface area (Å²) in [5, 5.41) is 12.3. The molecule has 18 heavy (non-hydrogen) atoms. The Morgan fingerprint density at radius 1 is 1.33 bits per heavy atom. The maximum atomic E-state index is 13.5. The summed E-state index contributed by atoms with van der Waals surface area (Å²) in [4.78, 5) is 11.3. The minimum Gasteiger partial charge on any atom is -0.480 e. The van der Waals surface area contributed by atoms with Crippen LogP contribution in [0.25, 0.3) is 0 Å². The van der Waals surface area contributed by atoms with Crippen LogP contribution in [0.2, 0.25) is 0 Å². The van der Waals surface area contributed by atoms with E-state index in [9.17, 15) is 14.3 Å². The molecule has 0 spiro atoms. The van der Waals surface area contributed by atoms with Gasteiger partial charge in [0.25, 0.3) is 0 Å². The minimum atomic E-state index is -1.05. The number of carbonyl (C=O) groups is 1. The monoisotopic (exact) mass is 249 g/mol. The summed E-state index contributed by atoms with van der Waals surface area (Å²) in [5.74, 6) is -0.868. The first-order valence-electron chi connectivity index (χ1n) is 6.22. The van der Waals surface area contributed by atoms with E-state index in [0.29, 0.717) is 25.8 Å². The topological polar surface area (TPSA) is 49.3 Å². The second-order valence-corrected chi connectivity index (χ2v) is 5.68. The van der Waals surface area contributed by atoms with Gasteiger partial charge in [0.05, 0.1) is 0 Å². The molecule has 0 aromatic heterocycles. The Hall–Kier alpha value is -1.42. The highest BCUT2D eigenvalue weighted by Crippen LogP contribution is 2.70. The molecule has 1 aromatic carbocycles. The molecule has 0 heterocycles. The predicted molar refractivity (Wildman–Crippen MR) is 64.8 cm³/mol. The van der Waals surface area contributed by atoms with Gasteiger partial charge in [-0.15, -0.1) is 0 Å². The third kappa shape index (κ3) is 1.72. The summed E-state index contributed by atoms with van der Waals surface area (Å²) >= 11 is 0. The molecule has 0 aliphatic heterocycles. The van der Waals surface area contributed by atoms with Crippen LogP contribution in [0.15, 0.2) is 30.3 Å². The van der Waals surface area contributed by atoms with Crippen LogP contribution in [-0.2, 0) is 11.3 Å². The molecule has 0 saturated heterocycles. The lowest BCUT2D eigenvalue weighted by molar-refractivity contribution is -0.231.